The normalized spacial score (nSPS) is 22.4. The third-order valence-corrected chi connectivity index (χ3v) is 6.57. The molecule has 10 heteroatoms. The summed E-state index contributed by atoms with van der Waals surface area (Å²) in [7, 11) is 2.89. The zero-order chi connectivity index (χ0) is 26.9. The van der Waals surface area contributed by atoms with Crippen LogP contribution < -0.4 is 19.5 Å². The number of methoxy groups -OCH3 is 2. The summed E-state index contributed by atoms with van der Waals surface area (Å²) >= 11 is 0. The van der Waals surface area contributed by atoms with E-state index in [2.05, 4.69) is 5.32 Å². The number of aromatic hydroxyl groups is 2. The standard InChI is InChI=1S/C27H39NO9/c1-16(30)14-28-15-36-23-10-17(5-7-21(23)31)4-6-19-13-22(32)20(8-9-29)27(37-19)18-11-24(34-2)26(33)25(12-18)35-3/h5,7,10-12,16,19-20,22,27-33H,4,6,8-9,13-15H2,1-3H3. The molecule has 5 unspecified atom stereocenters. The minimum absolute atomic E-state index is 0.0223. The molecule has 0 saturated carbocycles. The molecule has 5 atom stereocenters. The summed E-state index contributed by atoms with van der Waals surface area (Å²) in [6, 6.07) is 8.48. The fourth-order valence-corrected chi connectivity index (χ4v) is 4.65. The number of rotatable bonds is 13. The Hall–Kier alpha value is -2.76. The van der Waals surface area contributed by atoms with Gasteiger partial charge in [0.05, 0.1) is 38.6 Å². The van der Waals surface area contributed by atoms with Gasteiger partial charge in [0.25, 0.3) is 0 Å². The van der Waals surface area contributed by atoms with Gasteiger partial charge < -0.3 is 44.5 Å². The highest BCUT2D eigenvalue weighted by Crippen LogP contribution is 2.45. The van der Waals surface area contributed by atoms with E-state index in [4.69, 9.17) is 18.9 Å². The summed E-state index contributed by atoms with van der Waals surface area (Å²) in [4.78, 5) is 0. The predicted octanol–water partition coefficient (Wildman–Crippen LogP) is 2.24. The van der Waals surface area contributed by atoms with Crippen LogP contribution in [0.3, 0.4) is 0 Å². The number of hydrogen-bond donors (Lipinski definition) is 6. The van der Waals surface area contributed by atoms with Crippen molar-refractivity contribution in [1.29, 1.82) is 0 Å². The smallest absolute Gasteiger partial charge is 0.200 e. The van der Waals surface area contributed by atoms with Crippen molar-refractivity contribution in [2.45, 2.75) is 57.0 Å². The molecule has 0 bridgehead atoms. The van der Waals surface area contributed by atoms with Crippen molar-refractivity contribution >= 4 is 0 Å². The monoisotopic (exact) mass is 521 g/mol. The van der Waals surface area contributed by atoms with Crippen molar-refractivity contribution < 1.29 is 44.5 Å². The summed E-state index contributed by atoms with van der Waals surface area (Å²) in [5, 5.41) is 53.3. The van der Waals surface area contributed by atoms with Crippen LogP contribution in [0.2, 0.25) is 0 Å². The Bertz CT molecular complexity index is 975. The number of ether oxygens (including phenoxy) is 4. The third kappa shape index (κ3) is 7.62. The number of aryl methyl sites for hydroxylation is 1. The predicted molar refractivity (Wildman–Crippen MR) is 136 cm³/mol. The van der Waals surface area contributed by atoms with Gasteiger partial charge in [-0.25, -0.2) is 0 Å². The first-order valence-electron chi connectivity index (χ1n) is 12.5. The number of benzene rings is 2. The molecule has 0 aromatic heterocycles. The molecule has 1 heterocycles. The van der Waals surface area contributed by atoms with Gasteiger partial charge >= 0.3 is 0 Å². The maximum Gasteiger partial charge on any atom is 0.200 e. The van der Waals surface area contributed by atoms with Crippen molar-refractivity contribution in [3.05, 3.63) is 41.5 Å². The van der Waals surface area contributed by atoms with Crippen LogP contribution >= 0.6 is 0 Å². The van der Waals surface area contributed by atoms with Crippen LogP contribution in [0, 0.1) is 5.92 Å². The van der Waals surface area contributed by atoms with Gasteiger partial charge in [-0.1, -0.05) is 6.07 Å². The van der Waals surface area contributed by atoms with Crippen LogP contribution in [0.4, 0.5) is 0 Å². The van der Waals surface area contributed by atoms with E-state index in [-0.39, 0.29) is 48.4 Å². The first-order valence-corrected chi connectivity index (χ1v) is 12.5. The van der Waals surface area contributed by atoms with E-state index < -0.39 is 18.3 Å². The van der Waals surface area contributed by atoms with Crippen molar-refractivity contribution in [1.82, 2.24) is 5.32 Å². The topological polar surface area (TPSA) is 150 Å². The minimum atomic E-state index is -0.694. The van der Waals surface area contributed by atoms with E-state index >= 15 is 0 Å². The lowest BCUT2D eigenvalue weighted by Crippen LogP contribution is -2.40. The fraction of sp³-hybridized carbons (Fsp3) is 0.556. The Balaban J connectivity index is 1.72. The largest absolute Gasteiger partial charge is 0.504 e. The fourth-order valence-electron chi connectivity index (χ4n) is 4.65. The van der Waals surface area contributed by atoms with Crippen LogP contribution in [0.25, 0.3) is 0 Å². The molecule has 1 saturated heterocycles. The molecular weight excluding hydrogens is 482 g/mol. The number of phenolic OH excluding ortho intramolecular Hbond substituents is 2. The van der Waals surface area contributed by atoms with Crippen LogP contribution in [0.1, 0.15) is 43.4 Å². The first kappa shape index (κ1) is 28.8. The summed E-state index contributed by atoms with van der Waals surface area (Å²) in [6.07, 6.45) is -0.0105. The van der Waals surface area contributed by atoms with E-state index in [1.807, 2.05) is 6.07 Å². The highest BCUT2D eigenvalue weighted by molar-refractivity contribution is 5.53. The molecule has 206 valence electrons. The van der Waals surface area contributed by atoms with Gasteiger partial charge in [-0.3, -0.25) is 5.32 Å². The van der Waals surface area contributed by atoms with E-state index in [0.717, 1.165) is 5.56 Å². The molecule has 1 aliphatic rings. The highest BCUT2D eigenvalue weighted by Gasteiger charge is 2.39. The van der Waals surface area contributed by atoms with Gasteiger partial charge in [0.2, 0.25) is 5.75 Å². The molecule has 0 aliphatic carbocycles. The average Bonchev–Trinajstić information content (AvgIpc) is 2.88. The molecule has 6 N–H and O–H groups in total. The van der Waals surface area contributed by atoms with Crippen LogP contribution in [0.5, 0.6) is 28.7 Å². The Labute approximate surface area is 217 Å². The van der Waals surface area contributed by atoms with Crippen LogP contribution in [-0.4, -0.2) is 77.9 Å². The van der Waals surface area contributed by atoms with Gasteiger partial charge in [0.1, 0.15) is 6.73 Å². The lowest BCUT2D eigenvalue weighted by molar-refractivity contribution is -0.144. The second-order valence-corrected chi connectivity index (χ2v) is 9.36. The average molecular weight is 522 g/mol. The van der Waals surface area contributed by atoms with E-state index in [0.29, 0.717) is 43.5 Å². The zero-order valence-corrected chi connectivity index (χ0v) is 21.6. The highest BCUT2D eigenvalue weighted by atomic mass is 16.5. The second-order valence-electron chi connectivity index (χ2n) is 9.36. The Morgan fingerprint density at radius 3 is 2.38 bits per heavy atom. The van der Waals surface area contributed by atoms with Gasteiger partial charge in [0, 0.05) is 19.1 Å². The molecule has 2 aromatic rings. The van der Waals surface area contributed by atoms with E-state index in [1.54, 1.807) is 31.2 Å². The maximum atomic E-state index is 11.0. The lowest BCUT2D eigenvalue weighted by atomic mass is 9.82. The molecule has 10 nitrogen and oxygen atoms in total. The summed E-state index contributed by atoms with van der Waals surface area (Å²) in [6.45, 7) is 2.09. The SMILES string of the molecule is COc1cc(C2OC(CCc3ccc(O)c(OCNCC(C)O)c3)CC(O)C2CCO)cc(OC)c1O. The molecule has 37 heavy (non-hydrogen) atoms. The molecule has 0 radical (unpaired) electrons. The number of aliphatic hydroxyl groups excluding tert-OH is 3. The molecule has 0 amide bonds. The quantitative estimate of drug-likeness (QED) is 0.171. The van der Waals surface area contributed by atoms with Crippen molar-refractivity contribution in [2.75, 3.05) is 34.1 Å². The molecule has 1 fully saturated rings. The van der Waals surface area contributed by atoms with Gasteiger partial charge in [-0.15, -0.1) is 0 Å². The number of hydrogen-bond acceptors (Lipinski definition) is 10. The molecule has 2 aromatic carbocycles. The molecule has 3 rings (SSSR count). The van der Waals surface area contributed by atoms with Crippen molar-refractivity contribution in [3.8, 4) is 28.7 Å². The Morgan fingerprint density at radius 2 is 1.76 bits per heavy atom. The lowest BCUT2D eigenvalue weighted by Gasteiger charge is -2.40. The van der Waals surface area contributed by atoms with Crippen molar-refractivity contribution in [2.24, 2.45) is 5.92 Å². The van der Waals surface area contributed by atoms with Gasteiger partial charge in [-0.05, 0) is 68.0 Å². The number of nitrogens with one attached hydrogen (secondary N) is 1. The van der Waals surface area contributed by atoms with Crippen molar-refractivity contribution in [3.63, 3.8) is 0 Å². The Kier molecular flexibility index (Phi) is 10.7. The number of aliphatic hydroxyl groups is 3. The summed E-state index contributed by atoms with van der Waals surface area (Å²) < 4.78 is 22.6. The van der Waals surface area contributed by atoms with Gasteiger partial charge in [-0.2, -0.15) is 0 Å². The van der Waals surface area contributed by atoms with E-state index in [1.165, 1.54) is 14.2 Å². The zero-order valence-electron chi connectivity index (χ0n) is 21.6. The molecule has 1 aliphatic heterocycles. The summed E-state index contributed by atoms with van der Waals surface area (Å²) in [5.41, 5.74) is 1.61. The van der Waals surface area contributed by atoms with Crippen LogP contribution in [0.15, 0.2) is 30.3 Å². The van der Waals surface area contributed by atoms with Gasteiger partial charge in [0.15, 0.2) is 23.0 Å². The Morgan fingerprint density at radius 1 is 1.05 bits per heavy atom. The minimum Gasteiger partial charge on any atom is -0.504 e. The second kappa shape index (κ2) is 13.7. The first-order chi connectivity index (χ1) is 17.8. The van der Waals surface area contributed by atoms with E-state index in [9.17, 15) is 25.5 Å². The van der Waals surface area contributed by atoms with Crippen LogP contribution in [-0.2, 0) is 11.2 Å². The molecule has 0 spiro atoms. The number of phenols is 2. The maximum absolute atomic E-state index is 11.0. The molecular formula is C27H39NO9. The third-order valence-electron chi connectivity index (χ3n) is 6.57. The summed E-state index contributed by atoms with van der Waals surface area (Å²) in [5.74, 6) is 0.363.